The molecule has 0 bridgehead atoms. The first kappa shape index (κ1) is 19.9. The summed E-state index contributed by atoms with van der Waals surface area (Å²) in [5.41, 5.74) is 5.18. The van der Waals surface area contributed by atoms with Gasteiger partial charge in [-0.3, -0.25) is 0 Å². The Morgan fingerprint density at radius 1 is 1.07 bits per heavy atom. The van der Waals surface area contributed by atoms with Gasteiger partial charge in [0, 0.05) is 22.6 Å². The molecule has 30 heavy (non-hydrogen) atoms. The number of rotatable bonds is 5. The van der Waals surface area contributed by atoms with Crippen LogP contribution in [0.3, 0.4) is 0 Å². The molecule has 0 fully saturated rings. The second-order valence-corrected chi connectivity index (χ2v) is 7.60. The summed E-state index contributed by atoms with van der Waals surface area (Å²) < 4.78 is 21.4. The van der Waals surface area contributed by atoms with Crippen LogP contribution >= 0.6 is 11.6 Å². The molecule has 0 unspecified atom stereocenters. The Morgan fingerprint density at radius 3 is 2.40 bits per heavy atom. The molecule has 0 aliphatic heterocycles. The number of nitrogens with zero attached hydrogens (tertiary/aromatic N) is 3. The first-order valence-corrected chi connectivity index (χ1v) is 9.86. The number of pyridine rings is 1. The fourth-order valence-corrected chi connectivity index (χ4v) is 3.61. The number of aryl methyl sites for hydroxylation is 1. The van der Waals surface area contributed by atoms with Crippen molar-refractivity contribution in [1.82, 2.24) is 9.55 Å². The third kappa shape index (κ3) is 3.87. The number of aromatic nitrogens is 2. The summed E-state index contributed by atoms with van der Waals surface area (Å²) in [6.07, 6.45) is 0. The second-order valence-electron chi connectivity index (χ2n) is 7.16. The molecule has 0 saturated heterocycles. The van der Waals surface area contributed by atoms with Crippen LogP contribution in [0, 0.1) is 31.0 Å². The molecular weight excluding hydrogens is 401 g/mol. The molecule has 0 spiro atoms. The standard InChI is InChI=1S/C24H19ClFN3O/c1-15-16(2)29(13-17-3-7-19(25)8-4-17)23-22(15)11-21(12-27)28-24(23)30-14-18-5-9-20(26)10-6-18/h3-11H,13-14H2,1-2H3. The average molecular weight is 420 g/mol. The average Bonchev–Trinajstić information content (AvgIpc) is 2.99. The number of ether oxygens (including phenoxy) is 1. The molecule has 0 aliphatic carbocycles. The first-order chi connectivity index (χ1) is 14.5. The summed E-state index contributed by atoms with van der Waals surface area (Å²) in [6, 6.07) is 17.7. The number of hydrogen-bond donors (Lipinski definition) is 0. The number of nitriles is 1. The van der Waals surface area contributed by atoms with E-state index in [1.54, 1.807) is 18.2 Å². The van der Waals surface area contributed by atoms with Crippen molar-refractivity contribution in [3.05, 3.63) is 93.5 Å². The fraction of sp³-hybridized carbons (Fsp3) is 0.167. The van der Waals surface area contributed by atoms with Crippen molar-refractivity contribution < 1.29 is 9.13 Å². The highest BCUT2D eigenvalue weighted by Crippen LogP contribution is 2.33. The van der Waals surface area contributed by atoms with Crippen LogP contribution in [0.25, 0.3) is 10.9 Å². The maximum Gasteiger partial charge on any atom is 0.240 e. The summed E-state index contributed by atoms with van der Waals surface area (Å²) in [4.78, 5) is 4.42. The van der Waals surface area contributed by atoms with Crippen molar-refractivity contribution in [1.29, 1.82) is 5.26 Å². The highest BCUT2D eigenvalue weighted by Gasteiger charge is 2.18. The molecule has 0 saturated carbocycles. The lowest BCUT2D eigenvalue weighted by atomic mass is 10.1. The van der Waals surface area contributed by atoms with Gasteiger partial charge in [-0.25, -0.2) is 9.37 Å². The summed E-state index contributed by atoms with van der Waals surface area (Å²) >= 11 is 6.02. The van der Waals surface area contributed by atoms with Crippen molar-refractivity contribution in [2.45, 2.75) is 27.0 Å². The third-order valence-electron chi connectivity index (χ3n) is 5.24. The van der Waals surface area contributed by atoms with E-state index in [1.165, 1.54) is 12.1 Å². The van der Waals surface area contributed by atoms with Crippen LogP contribution in [-0.4, -0.2) is 9.55 Å². The number of hydrogen-bond acceptors (Lipinski definition) is 3. The van der Waals surface area contributed by atoms with Gasteiger partial charge in [0.1, 0.15) is 29.7 Å². The largest absolute Gasteiger partial charge is 0.471 e. The normalized spacial score (nSPS) is 10.9. The minimum absolute atomic E-state index is 0.224. The van der Waals surface area contributed by atoms with E-state index in [-0.39, 0.29) is 12.4 Å². The van der Waals surface area contributed by atoms with Crippen molar-refractivity contribution in [3.63, 3.8) is 0 Å². The summed E-state index contributed by atoms with van der Waals surface area (Å²) in [5, 5.41) is 11.1. The highest BCUT2D eigenvalue weighted by atomic mass is 35.5. The molecule has 150 valence electrons. The van der Waals surface area contributed by atoms with E-state index in [2.05, 4.69) is 15.6 Å². The van der Waals surface area contributed by atoms with Crippen molar-refractivity contribution in [3.8, 4) is 11.9 Å². The highest BCUT2D eigenvalue weighted by molar-refractivity contribution is 6.30. The predicted octanol–water partition coefficient (Wildman–Crippen LogP) is 5.94. The zero-order valence-corrected chi connectivity index (χ0v) is 17.4. The summed E-state index contributed by atoms with van der Waals surface area (Å²) in [7, 11) is 0. The van der Waals surface area contributed by atoms with E-state index in [1.807, 2.05) is 38.1 Å². The van der Waals surface area contributed by atoms with Gasteiger partial charge in [-0.05, 0) is 60.9 Å². The molecule has 4 rings (SSSR count). The maximum absolute atomic E-state index is 13.2. The lowest BCUT2D eigenvalue weighted by Crippen LogP contribution is -2.05. The molecule has 6 heteroatoms. The van der Waals surface area contributed by atoms with E-state index in [4.69, 9.17) is 16.3 Å². The molecule has 0 N–H and O–H groups in total. The molecule has 2 aromatic heterocycles. The molecule has 4 nitrogen and oxygen atoms in total. The molecule has 0 aliphatic rings. The third-order valence-corrected chi connectivity index (χ3v) is 5.49. The number of halogens is 2. The van der Waals surface area contributed by atoms with Gasteiger partial charge in [0.15, 0.2) is 0 Å². The predicted molar refractivity (Wildman–Crippen MR) is 115 cm³/mol. The van der Waals surface area contributed by atoms with Crippen molar-refractivity contribution >= 4 is 22.5 Å². The van der Waals surface area contributed by atoms with Gasteiger partial charge in [0.05, 0.1) is 0 Å². The van der Waals surface area contributed by atoms with Crippen LogP contribution in [0.15, 0.2) is 54.6 Å². The van der Waals surface area contributed by atoms with Crippen LogP contribution in [0.4, 0.5) is 4.39 Å². The van der Waals surface area contributed by atoms with E-state index in [0.717, 1.165) is 33.3 Å². The summed E-state index contributed by atoms with van der Waals surface area (Å²) in [6.45, 7) is 4.91. The molecule has 0 atom stereocenters. The smallest absolute Gasteiger partial charge is 0.240 e. The minimum atomic E-state index is -0.297. The van der Waals surface area contributed by atoms with Crippen molar-refractivity contribution in [2.75, 3.05) is 0 Å². The Bertz CT molecular complexity index is 1260. The van der Waals surface area contributed by atoms with E-state index in [9.17, 15) is 9.65 Å². The van der Waals surface area contributed by atoms with E-state index < -0.39 is 0 Å². The van der Waals surface area contributed by atoms with E-state index >= 15 is 0 Å². The minimum Gasteiger partial charge on any atom is -0.471 e. The van der Waals surface area contributed by atoms with E-state index in [0.29, 0.717) is 23.1 Å². The lowest BCUT2D eigenvalue weighted by molar-refractivity contribution is 0.296. The molecular formula is C24H19ClFN3O. The topological polar surface area (TPSA) is 50.8 Å². The first-order valence-electron chi connectivity index (χ1n) is 9.48. The zero-order chi connectivity index (χ0) is 21.3. The van der Waals surface area contributed by atoms with Crippen LogP contribution in [-0.2, 0) is 13.2 Å². The summed E-state index contributed by atoms with van der Waals surface area (Å²) in [5.74, 6) is 0.0902. The SMILES string of the molecule is Cc1c(C)n(Cc2ccc(Cl)cc2)c2c(OCc3ccc(F)cc3)nc(C#N)cc12. The quantitative estimate of drug-likeness (QED) is 0.402. The van der Waals surface area contributed by atoms with Crippen LogP contribution in [0.2, 0.25) is 5.02 Å². The second kappa shape index (κ2) is 8.17. The van der Waals surface area contributed by atoms with Crippen LogP contribution in [0.1, 0.15) is 28.1 Å². The Kier molecular flexibility index (Phi) is 5.43. The van der Waals surface area contributed by atoms with Gasteiger partial charge in [0.2, 0.25) is 5.88 Å². The maximum atomic E-state index is 13.2. The fourth-order valence-electron chi connectivity index (χ4n) is 3.49. The lowest BCUT2D eigenvalue weighted by Gasteiger charge is -2.13. The van der Waals surface area contributed by atoms with Crippen molar-refractivity contribution in [2.24, 2.45) is 0 Å². The molecule has 0 radical (unpaired) electrons. The monoisotopic (exact) mass is 419 g/mol. The van der Waals surface area contributed by atoms with Gasteiger partial charge < -0.3 is 9.30 Å². The van der Waals surface area contributed by atoms with Crippen LogP contribution in [0.5, 0.6) is 5.88 Å². The molecule has 4 aromatic rings. The molecule has 2 aromatic carbocycles. The Morgan fingerprint density at radius 2 is 1.73 bits per heavy atom. The molecule has 0 amide bonds. The van der Waals surface area contributed by atoms with Crippen LogP contribution < -0.4 is 4.74 Å². The van der Waals surface area contributed by atoms with Gasteiger partial charge in [-0.15, -0.1) is 0 Å². The van der Waals surface area contributed by atoms with Gasteiger partial charge >= 0.3 is 0 Å². The number of fused-ring (bicyclic) bond motifs is 1. The Hall–Kier alpha value is -3.36. The Balaban J connectivity index is 1.79. The number of benzene rings is 2. The van der Waals surface area contributed by atoms with Gasteiger partial charge in [-0.1, -0.05) is 35.9 Å². The zero-order valence-electron chi connectivity index (χ0n) is 16.6. The Labute approximate surface area is 179 Å². The van der Waals surface area contributed by atoms with Gasteiger partial charge in [-0.2, -0.15) is 5.26 Å². The van der Waals surface area contributed by atoms with Gasteiger partial charge in [0.25, 0.3) is 0 Å². The molecule has 2 heterocycles.